The predicted molar refractivity (Wildman–Crippen MR) is 124 cm³/mol. The number of nitrogens with zero attached hydrogens (tertiary/aromatic N) is 5. The molecular weight excluding hydrogens is 446 g/mol. The van der Waals surface area contributed by atoms with Crippen molar-refractivity contribution in [1.29, 1.82) is 0 Å². The van der Waals surface area contributed by atoms with E-state index in [4.69, 9.17) is 0 Å². The summed E-state index contributed by atoms with van der Waals surface area (Å²) < 4.78 is 29.2. The number of pyridine rings is 1. The quantitative estimate of drug-likeness (QED) is 0.544. The number of hydrogen-bond donors (Lipinski definition) is 2. The Balaban J connectivity index is 1.37. The number of nitrogens with one attached hydrogen (secondary N) is 1. The lowest BCUT2D eigenvalue weighted by Gasteiger charge is -2.38. The maximum Gasteiger partial charge on any atom is 0.185 e. The number of rotatable bonds is 5. The summed E-state index contributed by atoms with van der Waals surface area (Å²) in [7, 11) is 1.81. The molecule has 0 unspecified atom stereocenters. The molecule has 10 heteroatoms. The molecule has 2 aromatic heterocycles. The molecule has 2 aliphatic heterocycles. The predicted octanol–water partition coefficient (Wildman–Crippen LogP) is 3.83. The second kappa shape index (κ2) is 8.83. The van der Waals surface area contributed by atoms with Gasteiger partial charge in [-0.15, -0.1) is 22.0 Å². The van der Waals surface area contributed by atoms with Crippen molar-refractivity contribution in [1.82, 2.24) is 25.5 Å². The highest BCUT2D eigenvalue weighted by molar-refractivity contribution is 7.98. The van der Waals surface area contributed by atoms with Crippen molar-refractivity contribution in [3.63, 3.8) is 0 Å². The third-order valence-corrected chi connectivity index (χ3v) is 7.19. The molecule has 172 valence electrons. The third kappa shape index (κ3) is 4.13. The van der Waals surface area contributed by atoms with E-state index in [2.05, 4.69) is 25.5 Å². The Morgan fingerprint density at radius 2 is 1.97 bits per heavy atom. The smallest absolute Gasteiger partial charge is 0.185 e. The number of halogens is 2. The van der Waals surface area contributed by atoms with Crippen LogP contribution in [0.2, 0.25) is 0 Å². The van der Waals surface area contributed by atoms with Gasteiger partial charge in [0.2, 0.25) is 0 Å². The van der Waals surface area contributed by atoms with Crippen molar-refractivity contribution in [3.8, 4) is 28.3 Å². The highest BCUT2D eigenvalue weighted by Gasteiger charge is 2.43. The molecule has 3 aromatic rings. The number of alkyl halides is 1. The van der Waals surface area contributed by atoms with Crippen molar-refractivity contribution >= 4 is 17.6 Å². The number of piperidine rings is 1. The number of fused-ring (bicyclic) bond motifs is 2. The van der Waals surface area contributed by atoms with Gasteiger partial charge in [0.15, 0.2) is 11.6 Å². The Kier molecular flexibility index (Phi) is 5.88. The Morgan fingerprint density at radius 1 is 1.12 bits per heavy atom. The van der Waals surface area contributed by atoms with Crippen LogP contribution < -0.4 is 10.2 Å². The van der Waals surface area contributed by atoms with Gasteiger partial charge in [0.05, 0.1) is 29.0 Å². The molecule has 2 aliphatic rings. The zero-order valence-corrected chi connectivity index (χ0v) is 19.1. The van der Waals surface area contributed by atoms with Crippen LogP contribution in [0.5, 0.6) is 5.75 Å². The molecule has 4 heterocycles. The van der Waals surface area contributed by atoms with Crippen molar-refractivity contribution < 1.29 is 13.9 Å². The Morgan fingerprint density at radius 3 is 2.70 bits per heavy atom. The van der Waals surface area contributed by atoms with Gasteiger partial charge in [-0.25, -0.2) is 18.7 Å². The van der Waals surface area contributed by atoms with E-state index in [9.17, 15) is 13.9 Å². The van der Waals surface area contributed by atoms with Gasteiger partial charge in [0.1, 0.15) is 17.7 Å². The van der Waals surface area contributed by atoms with Crippen LogP contribution in [-0.2, 0) is 0 Å². The van der Waals surface area contributed by atoms with Gasteiger partial charge in [0, 0.05) is 24.7 Å². The summed E-state index contributed by atoms with van der Waals surface area (Å²) in [6.45, 7) is 0. The average Bonchev–Trinajstić information content (AvgIpc) is 3.25. The second-order valence-electron chi connectivity index (χ2n) is 8.48. The lowest BCUT2D eigenvalue weighted by Crippen LogP contribution is -2.55. The summed E-state index contributed by atoms with van der Waals surface area (Å²) in [4.78, 5) is 10.2. The first-order chi connectivity index (χ1) is 15.9. The van der Waals surface area contributed by atoms with E-state index in [1.165, 1.54) is 24.0 Å². The fourth-order valence-corrected chi connectivity index (χ4v) is 5.11. The molecule has 0 aliphatic carbocycles. The lowest BCUT2D eigenvalue weighted by molar-refractivity contribution is 0.176. The first kappa shape index (κ1) is 22.0. The molecule has 1 aromatic carbocycles. The Labute approximate surface area is 194 Å². The van der Waals surface area contributed by atoms with E-state index < -0.39 is 12.0 Å². The monoisotopic (exact) mass is 470 g/mol. The summed E-state index contributed by atoms with van der Waals surface area (Å²) in [6, 6.07) is 6.39. The van der Waals surface area contributed by atoms with E-state index in [-0.39, 0.29) is 23.7 Å². The van der Waals surface area contributed by atoms with Crippen LogP contribution in [0.4, 0.5) is 14.6 Å². The zero-order chi connectivity index (χ0) is 23.1. The standard InChI is InChI=1S/C23H24F2N6OS/c1-31(18-8-13-4-6-17(28-13)22(18)25)20-11-27-23(30-29-20)14-5-3-12(7-19(14)32)15-9-21(33-2)26-10-16(15)24/h3,5,7,9-11,13,17-18,22,28,32H,4,6,8H2,1-2H3/t13-,17+,18+,22-/m0/s1. The van der Waals surface area contributed by atoms with Crippen LogP contribution in [0.1, 0.15) is 19.3 Å². The molecule has 5 rings (SSSR count). The zero-order valence-electron chi connectivity index (χ0n) is 18.2. The lowest BCUT2D eigenvalue weighted by atomic mass is 9.96. The van der Waals surface area contributed by atoms with Gasteiger partial charge in [-0.05, 0) is 49.3 Å². The van der Waals surface area contributed by atoms with Crippen LogP contribution in [0.3, 0.4) is 0 Å². The third-order valence-electron chi connectivity index (χ3n) is 6.55. The molecule has 2 bridgehead atoms. The second-order valence-corrected chi connectivity index (χ2v) is 9.31. The Hall–Kier alpha value is -2.85. The summed E-state index contributed by atoms with van der Waals surface area (Å²) in [6.07, 6.45) is 6.16. The fraction of sp³-hybridized carbons (Fsp3) is 0.391. The molecule has 4 atom stereocenters. The van der Waals surface area contributed by atoms with Gasteiger partial charge < -0.3 is 15.3 Å². The van der Waals surface area contributed by atoms with E-state index in [0.717, 1.165) is 12.8 Å². The topological polar surface area (TPSA) is 87.1 Å². The minimum atomic E-state index is -0.980. The molecule has 33 heavy (non-hydrogen) atoms. The highest BCUT2D eigenvalue weighted by atomic mass is 32.2. The first-order valence-electron chi connectivity index (χ1n) is 10.8. The maximum atomic E-state index is 14.9. The molecule has 0 radical (unpaired) electrons. The highest BCUT2D eigenvalue weighted by Crippen LogP contribution is 2.35. The summed E-state index contributed by atoms with van der Waals surface area (Å²) in [5, 5.41) is 23.0. The van der Waals surface area contributed by atoms with Crippen LogP contribution >= 0.6 is 11.8 Å². The SMILES string of the molecule is CSc1cc(-c2ccc(-c3ncc(N(C)[C@@H]4C[C@@H]5CC[C@@H](N5)[C@@H]4F)nn3)c(O)c2)c(F)cn1. The van der Waals surface area contributed by atoms with Gasteiger partial charge >= 0.3 is 0 Å². The molecule has 0 spiro atoms. The van der Waals surface area contributed by atoms with Gasteiger partial charge in [-0.1, -0.05) is 6.07 Å². The molecule has 2 fully saturated rings. The minimum absolute atomic E-state index is 0.0870. The number of anilines is 1. The molecular formula is C23H24F2N6OS. The number of phenolic OH excluding ortho intramolecular Hbond substituents is 1. The first-order valence-corrected chi connectivity index (χ1v) is 12.0. The van der Waals surface area contributed by atoms with Gasteiger partial charge in [-0.2, -0.15) is 0 Å². The van der Waals surface area contributed by atoms with Crippen molar-refractivity contribution in [2.75, 3.05) is 18.2 Å². The molecule has 2 saturated heterocycles. The number of thioether (sulfide) groups is 1. The van der Waals surface area contributed by atoms with Crippen molar-refractivity contribution in [2.45, 2.75) is 48.6 Å². The van der Waals surface area contributed by atoms with Crippen LogP contribution in [-0.4, -0.2) is 62.9 Å². The van der Waals surface area contributed by atoms with Gasteiger partial charge in [-0.3, -0.25) is 0 Å². The summed E-state index contributed by atoms with van der Waals surface area (Å²) in [5.41, 5.74) is 1.25. The number of aromatic nitrogens is 4. The van der Waals surface area contributed by atoms with E-state index in [1.54, 1.807) is 29.3 Å². The summed E-state index contributed by atoms with van der Waals surface area (Å²) in [5.74, 6) is 0.157. The van der Waals surface area contributed by atoms with Crippen molar-refractivity contribution in [2.24, 2.45) is 0 Å². The number of phenols is 1. The normalized spacial score (nSPS) is 24.1. The van der Waals surface area contributed by atoms with Crippen LogP contribution in [0.15, 0.2) is 41.7 Å². The van der Waals surface area contributed by atoms with Crippen molar-refractivity contribution in [3.05, 3.63) is 42.5 Å². The number of benzene rings is 1. The molecule has 2 N–H and O–H groups in total. The fourth-order valence-electron chi connectivity index (χ4n) is 4.71. The molecule has 0 saturated carbocycles. The van der Waals surface area contributed by atoms with E-state index in [1.807, 2.05) is 13.3 Å². The maximum absolute atomic E-state index is 14.9. The largest absolute Gasteiger partial charge is 0.507 e. The minimum Gasteiger partial charge on any atom is -0.507 e. The average molecular weight is 471 g/mol. The van der Waals surface area contributed by atoms with Crippen LogP contribution in [0.25, 0.3) is 22.5 Å². The van der Waals surface area contributed by atoms with E-state index >= 15 is 0 Å². The Bertz CT molecular complexity index is 1160. The molecule has 7 nitrogen and oxygen atoms in total. The van der Waals surface area contributed by atoms with Gasteiger partial charge in [0.25, 0.3) is 0 Å². The summed E-state index contributed by atoms with van der Waals surface area (Å²) >= 11 is 1.41. The number of aromatic hydroxyl groups is 1. The molecule has 0 amide bonds. The van der Waals surface area contributed by atoms with E-state index in [0.29, 0.717) is 40.0 Å². The number of hydrogen-bond acceptors (Lipinski definition) is 8. The van der Waals surface area contributed by atoms with Crippen LogP contribution in [0, 0.1) is 5.82 Å².